The van der Waals surface area contributed by atoms with Gasteiger partial charge in [0.15, 0.2) is 6.29 Å². The fraction of sp³-hybridized carbons (Fsp3) is 0.647. The van der Waals surface area contributed by atoms with Gasteiger partial charge in [0.05, 0.1) is 6.04 Å². The van der Waals surface area contributed by atoms with Crippen LogP contribution in [0.3, 0.4) is 0 Å². The van der Waals surface area contributed by atoms with E-state index in [0.29, 0.717) is 13.2 Å². The van der Waals surface area contributed by atoms with Gasteiger partial charge in [-0.25, -0.2) is 0 Å². The van der Waals surface area contributed by atoms with E-state index in [9.17, 15) is 0 Å². The number of likely N-dealkylation sites (N-methyl/N-ethyl adjacent to an activating group) is 1. The van der Waals surface area contributed by atoms with E-state index >= 15 is 0 Å². The lowest BCUT2D eigenvalue weighted by Gasteiger charge is -2.28. The molecule has 0 aliphatic carbocycles. The first-order valence-electron chi connectivity index (χ1n) is 7.82. The number of nitrogens with one attached hydrogen (secondary N) is 1. The minimum absolute atomic E-state index is 0.0792. The van der Waals surface area contributed by atoms with E-state index in [1.54, 1.807) is 0 Å². The van der Waals surface area contributed by atoms with E-state index in [1.807, 2.05) is 13.8 Å². The van der Waals surface area contributed by atoms with Crippen LogP contribution >= 0.6 is 0 Å². The third kappa shape index (κ3) is 5.23. The van der Waals surface area contributed by atoms with Crippen LogP contribution in [-0.2, 0) is 15.9 Å². The van der Waals surface area contributed by atoms with Crippen molar-refractivity contribution in [1.29, 1.82) is 0 Å². The van der Waals surface area contributed by atoms with Crippen LogP contribution in [0.2, 0.25) is 0 Å². The summed E-state index contributed by atoms with van der Waals surface area (Å²) in [4.78, 5) is 0. The molecule has 20 heavy (non-hydrogen) atoms. The second-order valence-corrected chi connectivity index (χ2v) is 4.81. The van der Waals surface area contributed by atoms with E-state index in [2.05, 4.69) is 43.4 Å². The molecule has 0 aliphatic heterocycles. The van der Waals surface area contributed by atoms with Crippen LogP contribution in [0.25, 0.3) is 0 Å². The number of aryl methyl sites for hydroxylation is 1. The summed E-state index contributed by atoms with van der Waals surface area (Å²) in [6, 6.07) is 8.86. The predicted molar refractivity (Wildman–Crippen MR) is 83.9 cm³/mol. The summed E-state index contributed by atoms with van der Waals surface area (Å²) in [7, 11) is 0. The fourth-order valence-electron chi connectivity index (χ4n) is 2.34. The van der Waals surface area contributed by atoms with Crippen molar-refractivity contribution >= 4 is 0 Å². The van der Waals surface area contributed by atoms with Crippen molar-refractivity contribution < 1.29 is 9.47 Å². The van der Waals surface area contributed by atoms with E-state index in [1.165, 1.54) is 17.5 Å². The average molecular weight is 279 g/mol. The molecular weight excluding hydrogens is 250 g/mol. The SMILES string of the molecule is CCCc1ccc(C(NCC)C(OCC)OCC)cc1. The first-order chi connectivity index (χ1) is 9.76. The van der Waals surface area contributed by atoms with Gasteiger partial charge in [0, 0.05) is 13.2 Å². The molecule has 1 unspecified atom stereocenters. The second-order valence-electron chi connectivity index (χ2n) is 4.81. The molecule has 1 N–H and O–H groups in total. The Morgan fingerprint density at radius 1 is 0.950 bits per heavy atom. The summed E-state index contributed by atoms with van der Waals surface area (Å²) in [5.74, 6) is 0. The van der Waals surface area contributed by atoms with Crippen LogP contribution in [-0.4, -0.2) is 26.0 Å². The van der Waals surface area contributed by atoms with Crippen molar-refractivity contribution in [2.45, 2.75) is 52.9 Å². The molecule has 1 atom stereocenters. The van der Waals surface area contributed by atoms with E-state index in [-0.39, 0.29) is 12.3 Å². The van der Waals surface area contributed by atoms with Crippen LogP contribution in [0, 0.1) is 0 Å². The second kappa shape index (κ2) is 9.92. The van der Waals surface area contributed by atoms with Crippen molar-refractivity contribution in [3.05, 3.63) is 35.4 Å². The Bertz CT molecular complexity index is 345. The largest absolute Gasteiger partial charge is 0.351 e. The van der Waals surface area contributed by atoms with E-state index in [0.717, 1.165) is 13.0 Å². The molecule has 0 amide bonds. The standard InChI is InChI=1S/C17H29NO2/c1-5-9-14-10-12-15(13-11-14)16(18-6-2)17(19-7-3)20-8-4/h10-13,16-18H,5-9H2,1-4H3. The van der Waals surface area contributed by atoms with Crippen molar-refractivity contribution in [1.82, 2.24) is 5.32 Å². The highest BCUT2D eigenvalue weighted by molar-refractivity contribution is 5.25. The number of rotatable bonds is 10. The summed E-state index contributed by atoms with van der Waals surface area (Å²) < 4.78 is 11.5. The zero-order valence-electron chi connectivity index (χ0n) is 13.3. The quantitative estimate of drug-likeness (QED) is 0.663. The van der Waals surface area contributed by atoms with Crippen LogP contribution in [0.1, 0.15) is 51.3 Å². The molecule has 0 bridgehead atoms. The Labute approximate surface area is 123 Å². The normalized spacial score (nSPS) is 12.8. The first kappa shape index (κ1) is 17.2. The first-order valence-corrected chi connectivity index (χ1v) is 7.82. The van der Waals surface area contributed by atoms with E-state index in [4.69, 9.17) is 9.47 Å². The van der Waals surface area contributed by atoms with Gasteiger partial charge in [-0.05, 0) is 37.9 Å². The molecule has 0 saturated heterocycles. The lowest BCUT2D eigenvalue weighted by atomic mass is 10.0. The summed E-state index contributed by atoms with van der Waals surface area (Å²) in [5, 5.41) is 3.47. The summed E-state index contributed by atoms with van der Waals surface area (Å²) in [6.07, 6.45) is 2.07. The van der Waals surface area contributed by atoms with Crippen molar-refractivity contribution in [2.75, 3.05) is 19.8 Å². The molecule has 3 nitrogen and oxygen atoms in total. The molecular formula is C17H29NO2. The molecule has 0 saturated carbocycles. The molecule has 114 valence electrons. The van der Waals surface area contributed by atoms with Crippen LogP contribution in [0.5, 0.6) is 0 Å². The third-order valence-electron chi connectivity index (χ3n) is 3.24. The van der Waals surface area contributed by atoms with Gasteiger partial charge >= 0.3 is 0 Å². The number of ether oxygens (including phenoxy) is 2. The highest BCUT2D eigenvalue weighted by Gasteiger charge is 2.23. The molecule has 1 aromatic rings. The molecule has 0 radical (unpaired) electrons. The van der Waals surface area contributed by atoms with Gasteiger partial charge in [-0.3, -0.25) is 0 Å². The number of hydrogen-bond acceptors (Lipinski definition) is 3. The van der Waals surface area contributed by atoms with Gasteiger partial charge in [0.25, 0.3) is 0 Å². The Balaban J connectivity index is 2.86. The lowest BCUT2D eigenvalue weighted by Crippen LogP contribution is -2.36. The molecule has 1 aromatic carbocycles. The van der Waals surface area contributed by atoms with Crippen molar-refractivity contribution in [3.63, 3.8) is 0 Å². The molecule has 3 heteroatoms. The molecule has 1 rings (SSSR count). The van der Waals surface area contributed by atoms with Gasteiger partial charge in [-0.15, -0.1) is 0 Å². The smallest absolute Gasteiger partial charge is 0.176 e. The van der Waals surface area contributed by atoms with Gasteiger partial charge in [0.2, 0.25) is 0 Å². The van der Waals surface area contributed by atoms with Gasteiger partial charge in [-0.2, -0.15) is 0 Å². The Hall–Kier alpha value is -0.900. The Kier molecular flexibility index (Phi) is 8.51. The van der Waals surface area contributed by atoms with Crippen molar-refractivity contribution in [2.24, 2.45) is 0 Å². The maximum Gasteiger partial charge on any atom is 0.176 e. The fourth-order valence-corrected chi connectivity index (χ4v) is 2.34. The molecule has 0 heterocycles. The minimum atomic E-state index is -0.234. The van der Waals surface area contributed by atoms with Gasteiger partial charge in [-0.1, -0.05) is 44.5 Å². The predicted octanol–water partition coefficient (Wildman–Crippen LogP) is 3.69. The number of benzene rings is 1. The lowest BCUT2D eigenvalue weighted by molar-refractivity contribution is -0.155. The van der Waals surface area contributed by atoms with Gasteiger partial charge < -0.3 is 14.8 Å². The maximum atomic E-state index is 5.74. The van der Waals surface area contributed by atoms with Gasteiger partial charge in [0.1, 0.15) is 0 Å². The molecule has 0 fully saturated rings. The summed E-state index contributed by atoms with van der Waals surface area (Å²) in [6.45, 7) is 10.5. The topological polar surface area (TPSA) is 30.5 Å². The highest BCUT2D eigenvalue weighted by Crippen LogP contribution is 2.21. The van der Waals surface area contributed by atoms with Crippen LogP contribution in [0.15, 0.2) is 24.3 Å². The van der Waals surface area contributed by atoms with Crippen molar-refractivity contribution in [3.8, 4) is 0 Å². The molecule has 0 aromatic heterocycles. The average Bonchev–Trinajstić information content (AvgIpc) is 2.46. The maximum absolute atomic E-state index is 5.74. The van der Waals surface area contributed by atoms with Crippen LogP contribution < -0.4 is 5.32 Å². The summed E-state index contributed by atoms with van der Waals surface area (Å²) >= 11 is 0. The summed E-state index contributed by atoms with van der Waals surface area (Å²) in [5.41, 5.74) is 2.61. The molecule has 0 aliphatic rings. The zero-order valence-corrected chi connectivity index (χ0v) is 13.3. The Morgan fingerprint density at radius 2 is 1.55 bits per heavy atom. The highest BCUT2D eigenvalue weighted by atomic mass is 16.7. The minimum Gasteiger partial charge on any atom is -0.351 e. The Morgan fingerprint density at radius 3 is 2.00 bits per heavy atom. The van der Waals surface area contributed by atoms with E-state index < -0.39 is 0 Å². The monoisotopic (exact) mass is 279 g/mol. The number of hydrogen-bond donors (Lipinski definition) is 1. The van der Waals surface area contributed by atoms with Crippen LogP contribution in [0.4, 0.5) is 0 Å². The molecule has 0 spiro atoms. The zero-order chi connectivity index (χ0) is 14.8. The third-order valence-corrected chi connectivity index (χ3v) is 3.24.